The highest BCUT2D eigenvalue weighted by Crippen LogP contribution is 2.46. The van der Waals surface area contributed by atoms with E-state index in [1.807, 2.05) is 5.38 Å². The van der Waals surface area contributed by atoms with Crippen LogP contribution in [0.4, 0.5) is 5.00 Å². The van der Waals surface area contributed by atoms with Crippen LogP contribution in [0.2, 0.25) is 0 Å². The molecule has 1 N–H and O–H groups in total. The van der Waals surface area contributed by atoms with Crippen molar-refractivity contribution in [2.45, 2.75) is 25.7 Å². The molecule has 2 aromatic heterocycles. The fourth-order valence-corrected chi connectivity index (χ4v) is 3.17. The number of amides is 1. The van der Waals surface area contributed by atoms with Crippen LogP contribution in [0, 0.1) is 0 Å². The van der Waals surface area contributed by atoms with Gasteiger partial charge in [0, 0.05) is 0 Å². The maximum Gasteiger partial charge on any atom is 0.341 e. The van der Waals surface area contributed by atoms with Gasteiger partial charge >= 0.3 is 5.97 Å². The number of furan rings is 1. The number of nitrogens with one attached hydrogen (secondary N) is 1. The van der Waals surface area contributed by atoms with E-state index in [0.29, 0.717) is 28.7 Å². The molecule has 3 rings (SSSR count). The number of hydrogen-bond acceptors (Lipinski definition) is 5. The first-order chi connectivity index (χ1) is 10.2. The lowest BCUT2D eigenvalue weighted by Crippen LogP contribution is -2.14. The van der Waals surface area contributed by atoms with Crippen molar-refractivity contribution in [3.8, 4) is 0 Å². The lowest BCUT2D eigenvalue weighted by Gasteiger charge is -2.07. The SMILES string of the molecule is CCOC(=O)c1c(C2CC2)csc1NC(=O)c1ccoc1. The molecular formula is C15H15NO4S. The molecule has 0 radical (unpaired) electrons. The van der Waals surface area contributed by atoms with Crippen LogP contribution in [0.25, 0.3) is 0 Å². The van der Waals surface area contributed by atoms with Crippen molar-refractivity contribution in [2.75, 3.05) is 11.9 Å². The lowest BCUT2D eigenvalue weighted by molar-refractivity contribution is 0.0527. The first-order valence-corrected chi connectivity index (χ1v) is 7.70. The molecule has 2 aromatic rings. The van der Waals surface area contributed by atoms with E-state index in [4.69, 9.17) is 9.15 Å². The minimum atomic E-state index is -0.372. The molecule has 2 heterocycles. The van der Waals surface area contributed by atoms with Crippen LogP contribution in [-0.2, 0) is 4.74 Å². The fraction of sp³-hybridized carbons (Fsp3) is 0.333. The van der Waals surface area contributed by atoms with Crippen molar-refractivity contribution in [2.24, 2.45) is 0 Å². The second-order valence-electron chi connectivity index (χ2n) is 4.86. The van der Waals surface area contributed by atoms with Crippen molar-refractivity contribution in [3.05, 3.63) is 40.7 Å². The van der Waals surface area contributed by atoms with Crippen molar-refractivity contribution < 1.29 is 18.7 Å². The number of esters is 1. The van der Waals surface area contributed by atoms with E-state index < -0.39 is 0 Å². The van der Waals surface area contributed by atoms with Crippen LogP contribution in [-0.4, -0.2) is 18.5 Å². The third-order valence-corrected chi connectivity index (χ3v) is 4.24. The van der Waals surface area contributed by atoms with Gasteiger partial charge in [0.05, 0.1) is 24.0 Å². The normalized spacial score (nSPS) is 14.0. The maximum atomic E-state index is 12.2. The molecule has 110 valence electrons. The summed E-state index contributed by atoms with van der Waals surface area (Å²) in [6.07, 6.45) is 4.97. The minimum Gasteiger partial charge on any atom is -0.472 e. The maximum absolute atomic E-state index is 12.2. The summed E-state index contributed by atoms with van der Waals surface area (Å²) in [7, 11) is 0. The Labute approximate surface area is 125 Å². The molecule has 21 heavy (non-hydrogen) atoms. The van der Waals surface area contributed by atoms with Gasteiger partial charge in [-0.3, -0.25) is 4.79 Å². The summed E-state index contributed by atoms with van der Waals surface area (Å²) in [6, 6.07) is 1.58. The predicted molar refractivity (Wildman–Crippen MR) is 78.9 cm³/mol. The summed E-state index contributed by atoms with van der Waals surface area (Å²) in [5.41, 5.74) is 1.91. The van der Waals surface area contributed by atoms with Gasteiger partial charge in [0.1, 0.15) is 11.3 Å². The second kappa shape index (κ2) is 5.73. The number of carbonyl (C=O) groups is 2. The van der Waals surface area contributed by atoms with Crippen LogP contribution < -0.4 is 5.32 Å². The quantitative estimate of drug-likeness (QED) is 0.856. The molecule has 0 bridgehead atoms. The molecule has 0 atom stereocenters. The minimum absolute atomic E-state index is 0.293. The highest BCUT2D eigenvalue weighted by Gasteiger charge is 2.32. The highest BCUT2D eigenvalue weighted by atomic mass is 32.1. The number of rotatable bonds is 5. The molecule has 0 saturated heterocycles. The second-order valence-corrected chi connectivity index (χ2v) is 5.74. The van der Waals surface area contributed by atoms with E-state index in [9.17, 15) is 9.59 Å². The van der Waals surface area contributed by atoms with Crippen LogP contribution in [0.3, 0.4) is 0 Å². The van der Waals surface area contributed by atoms with Gasteiger partial charge in [0.2, 0.25) is 0 Å². The van der Waals surface area contributed by atoms with E-state index in [2.05, 4.69) is 5.32 Å². The molecule has 0 unspecified atom stereocenters. The zero-order valence-electron chi connectivity index (χ0n) is 11.5. The molecule has 1 aliphatic carbocycles. The molecule has 0 spiro atoms. The number of ether oxygens (including phenoxy) is 1. The Bertz CT molecular complexity index is 655. The molecule has 1 saturated carbocycles. The smallest absolute Gasteiger partial charge is 0.341 e. The zero-order valence-corrected chi connectivity index (χ0v) is 12.4. The Balaban J connectivity index is 1.87. The number of anilines is 1. The van der Waals surface area contributed by atoms with Crippen molar-refractivity contribution in [1.29, 1.82) is 0 Å². The summed E-state index contributed by atoms with van der Waals surface area (Å²) in [5.74, 6) is -0.248. The van der Waals surface area contributed by atoms with Crippen molar-refractivity contribution in [3.63, 3.8) is 0 Å². The molecule has 1 aliphatic rings. The average molecular weight is 305 g/mol. The summed E-state index contributed by atoms with van der Waals surface area (Å²) >= 11 is 1.36. The third-order valence-electron chi connectivity index (χ3n) is 3.33. The average Bonchev–Trinajstić information content (AvgIpc) is 3.01. The third kappa shape index (κ3) is 2.85. The summed E-state index contributed by atoms with van der Waals surface area (Å²) in [4.78, 5) is 24.2. The van der Waals surface area contributed by atoms with Gasteiger partial charge in [-0.1, -0.05) is 0 Å². The molecule has 6 heteroatoms. The first kappa shape index (κ1) is 13.9. The van der Waals surface area contributed by atoms with Crippen LogP contribution >= 0.6 is 11.3 Å². The number of hydrogen-bond donors (Lipinski definition) is 1. The van der Waals surface area contributed by atoms with Crippen LogP contribution in [0.15, 0.2) is 28.4 Å². The molecular weight excluding hydrogens is 290 g/mol. The summed E-state index contributed by atoms with van der Waals surface area (Å²) in [6.45, 7) is 2.08. The van der Waals surface area contributed by atoms with E-state index >= 15 is 0 Å². The van der Waals surface area contributed by atoms with Gasteiger partial charge in [-0.15, -0.1) is 11.3 Å². The van der Waals surface area contributed by atoms with Gasteiger partial charge in [-0.05, 0) is 42.7 Å². The standard InChI is InChI=1S/C15H15NO4S/c1-2-20-15(18)12-11(9-3-4-9)8-21-14(12)16-13(17)10-5-6-19-7-10/h5-9H,2-4H2,1H3,(H,16,17). The number of thiophene rings is 1. The van der Waals surface area contributed by atoms with Gasteiger partial charge in [-0.25, -0.2) is 4.79 Å². The topological polar surface area (TPSA) is 68.5 Å². The largest absolute Gasteiger partial charge is 0.472 e. The van der Waals surface area contributed by atoms with Crippen LogP contribution in [0.5, 0.6) is 0 Å². The Morgan fingerprint density at radius 2 is 2.29 bits per heavy atom. The van der Waals surface area contributed by atoms with Crippen LogP contribution in [0.1, 0.15) is 52.0 Å². The Morgan fingerprint density at radius 3 is 2.90 bits per heavy atom. The summed E-state index contributed by atoms with van der Waals surface area (Å²) in [5, 5.41) is 5.26. The Kier molecular flexibility index (Phi) is 3.79. The Hall–Kier alpha value is -2.08. The van der Waals surface area contributed by atoms with E-state index in [-0.39, 0.29) is 11.9 Å². The van der Waals surface area contributed by atoms with Crippen molar-refractivity contribution >= 4 is 28.2 Å². The van der Waals surface area contributed by atoms with Gasteiger partial charge in [-0.2, -0.15) is 0 Å². The predicted octanol–water partition coefficient (Wildman–Crippen LogP) is 3.65. The van der Waals surface area contributed by atoms with E-state index in [1.165, 1.54) is 23.9 Å². The summed E-state index contributed by atoms with van der Waals surface area (Å²) < 4.78 is 10.0. The first-order valence-electron chi connectivity index (χ1n) is 6.82. The molecule has 0 aromatic carbocycles. The van der Waals surface area contributed by atoms with Gasteiger partial charge < -0.3 is 14.5 Å². The van der Waals surface area contributed by atoms with E-state index in [1.54, 1.807) is 13.0 Å². The highest BCUT2D eigenvalue weighted by molar-refractivity contribution is 7.15. The number of carbonyl (C=O) groups excluding carboxylic acids is 2. The molecule has 5 nitrogen and oxygen atoms in total. The molecule has 0 aliphatic heterocycles. The zero-order chi connectivity index (χ0) is 14.8. The molecule has 1 amide bonds. The fourth-order valence-electron chi connectivity index (χ4n) is 2.14. The van der Waals surface area contributed by atoms with Gasteiger partial charge in [0.25, 0.3) is 5.91 Å². The monoisotopic (exact) mass is 305 g/mol. The van der Waals surface area contributed by atoms with E-state index in [0.717, 1.165) is 18.4 Å². The van der Waals surface area contributed by atoms with Gasteiger partial charge in [0.15, 0.2) is 0 Å². The lowest BCUT2D eigenvalue weighted by atomic mass is 10.1. The molecule has 1 fully saturated rings. The Morgan fingerprint density at radius 1 is 1.48 bits per heavy atom. The van der Waals surface area contributed by atoms with Crippen molar-refractivity contribution in [1.82, 2.24) is 0 Å².